The lowest BCUT2D eigenvalue weighted by Crippen LogP contribution is -2.18. The van der Waals surface area contributed by atoms with Crippen molar-refractivity contribution in [3.8, 4) is 11.3 Å². The van der Waals surface area contributed by atoms with Crippen molar-refractivity contribution < 1.29 is 4.92 Å². The highest BCUT2D eigenvalue weighted by molar-refractivity contribution is 7.14. The lowest BCUT2D eigenvalue weighted by Gasteiger charge is -2.21. The number of anilines is 1. The van der Waals surface area contributed by atoms with Gasteiger partial charge in [0, 0.05) is 35.1 Å². The third-order valence-corrected chi connectivity index (χ3v) is 6.67. The summed E-state index contributed by atoms with van der Waals surface area (Å²) in [7, 11) is 0. The summed E-state index contributed by atoms with van der Waals surface area (Å²) >= 11 is 1.53. The largest absolute Gasteiger partial charge is 0.269 e. The SMILES string of the molecule is Cc1ccc(C)c(C2=NN(c3nc(-c4ccccc4)cs3)C(c3cccc([N+](=O)[O-])c3)C2)c1. The Morgan fingerprint density at radius 1 is 1.03 bits per heavy atom. The fraction of sp³-hybridized carbons (Fsp3) is 0.154. The summed E-state index contributed by atoms with van der Waals surface area (Å²) in [6.07, 6.45) is 0.645. The second-order valence-electron chi connectivity index (χ2n) is 8.16. The highest BCUT2D eigenvalue weighted by Crippen LogP contribution is 2.40. The van der Waals surface area contributed by atoms with E-state index in [0.717, 1.165) is 38.8 Å². The number of nitro benzene ring substituents is 1. The number of aryl methyl sites for hydroxylation is 2. The first-order valence-electron chi connectivity index (χ1n) is 10.7. The zero-order valence-corrected chi connectivity index (χ0v) is 19.1. The zero-order valence-electron chi connectivity index (χ0n) is 18.3. The standard InChI is InChI=1S/C26H22N4O2S/c1-17-11-12-18(2)22(13-17)23-15-25(20-9-6-10-21(14-20)30(31)32)29(28-23)26-27-24(16-33-26)19-7-4-3-5-8-19/h3-14,16,25H,15H2,1-2H3. The van der Waals surface area contributed by atoms with Gasteiger partial charge in [-0.15, -0.1) is 11.3 Å². The minimum atomic E-state index is -0.355. The summed E-state index contributed by atoms with van der Waals surface area (Å²) < 4.78 is 0. The van der Waals surface area contributed by atoms with Crippen LogP contribution in [0, 0.1) is 24.0 Å². The molecule has 0 saturated heterocycles. The summed E-state index contributed by atoms with van der Waals surface area (Å²) in [4.78, 5) is 15.9. The summed E-state index contributed by atoms with van der Waals surface area (Å²) in [5.74, 6) is 0. The van der Waals surface area contributed by atoms with E-state index in [1.165, 1.54) is 23.0 Å². The number of non-ortho nitro benzene ring substituents is 1. The highest BCUT2D eigenvalue weighted by Gasteiger charge is 2.33. The summed E-state index contributed by atoms with van der Waals surface area (Å²) in [5, 5.41) is 21.1. The van der Waals surface area contributed by atoms with Gasteiger partial charge in [0.2, 0.25) is 5.13 Å². The van der Waals surface area contributed by atoms with E-state index in [2.05, 4.69) is 32.0 Å². The molecule has 4 aromatic rings. The molecular formula is C26H22N4O2S. The molecule has 3 aromatic carbocycles. The molecule has 164 valence electrons. The molecule has 1 unspecified atom stereocenters. The number of hydrogen-bond acceptors (Lipinski definition) is 6. The van der Waals surface area contributed by atoms with Gasteiger partial charge in [-0.05, 0) is 31.0 Å². The van der Waals surface area contributed by atoms with E-state index >= 15 is 0 Å². The molecule has 0 fully saturated rings. The Morgan fingerprint density at radius 2 is 1.85 bits per heavy atom. The second-order valence-corrected chi connectivity index (χ2v) is 9.00. The van der Waals surface area contributed by atoms with Crippen LogP contribution in [0.15, 0.2) is 83.3 Å². The van der Waals surface area contributed by atoms with Crippen molar-refractivity contribution in [2.24, 2.45) is 5.10 Å². The molecule has 6 nitrogen and oxygen atoms in total. The van der Waals surface area contributed by atoms with Gasteiger partial charge in [0.05, 0.1) is 22.4 Å². The molecule has 5 rings (SSSR count). The van der Waals surface area contributed by atoms with Crippen LogP contribution in [0.25, 0.3) is 11.3 Å². The Hall–Kier alpha value is -3.84. The predicted molar refractivity (Wildman–Crippen MR) is 133 cm³/mol. The topological polar surface area (TPSA) is 71.6 Å². The van der Waals surface area contributed by atoms with E-state index < -0.39 is 0 Å². The van der Waals surface area contributed by atoms with Gasteiger partial charge >= 0.3 is 0 Å². The molecule has 0 amide bonds. The van der Waals surface area contributed by atoms with E-state index in [1.54, 1.807) is 12.1 Å². The van der Waals surface area contributed by atoms with Crippen LogP contribution in [0.1, 0.15) is 34.7 Å². The van der Waals surface area contributed by atoms with Crippen LogP contribution < -0.4 is 5.01 Å². The molecule has 0 bridgehead atoms. The predicted octanol–water partition coefficient (Wildman–Crippen LogP) is 6.69. The Kier molecular flexibility index (Phi) is 5.48. The molecule has 0 N–H and O–H groups in total. The van der Waals surface area contributed by atoms with Crippen molar-refractivity contribution in [2.45, 2.75) is 26.3 Å². The Labute approximate surface area is 196 Å². The molecule has 0 radical (unpaired) electrons. The van der Waals surface area contributed by atoms with Crippen LogP contribution in [0.2, 0.25) is 0 Å². The van der Waals surface area contributed by atoms with Crippen molar-refractivity contribution in [3.63, 3.8) is 0 Å². The maximum atomic E-state index is 11.4. The van der Waals surface area contributed by atoms with E-state index in [4.69, 9.17) is 10.1 Å². The number of hydrazone groups is 1. The van der Waals surface area contributed by atoms with Gasteiger partial charge in [-0.25, -0.2) is 9.99 Å². The molecule has 1 aliphatic heterocycles. The third-order valence-electron chi connectivity index (χ3n) is 5.84. The van der Waals surface area contributed by atoms with E-state index in [0.29, 0.717) is 6.42 Å². The minimum Gasteiger partial charge on any atom is -0.258 e. The van der Waals surface area contributed by atoms with Gasteiger partial charge in [0.1, 0.15) is 0 Å². The molecule has 33 heavy (non-hydrogen) atoms. The molecule has 2 heterocycles. The maximum Gasteiger partial charge on any atom is 0.269 e. The molecular weight excluding hydrogens is 432 g/mol. The van der Waals surface area contributed by atoms with Gasteiger partial charge in [0.15, 0.2) is 0 Å². The first kappa shape index (κ1) is 21.0. The lowest BCUT2D eigenvalue weighted by molar-refractivity contribution is -0.384. The number of nitro groups is 1. The fourth-order valence-corrected chi connectivity index (χ4v) is 4.95. The molecule has 7 heteroatoms. The van der Waals surface area contributed by atoms with Crippen molar-refractivity contribution in [1.82, 2.24) is 4.98 Å². The van der Waals surface area contributed by atoms with Crippen LogP contribution in [-0.4, -0.2) is 15.6 Å². The van der Waals surface area contributed by atoms with Crippen molar-refractivity contribution >= 4 is 27.9 Å². The van der Waals surface area contributed by atoms with Gasteiger partial charge in [-0.1, -0.05) is 60.2 Å². The molecule has 0 spiro atoms. The quantitative estimate of drug-likeness (QED) is 0.249. The zero-order chi connectivity index (χ0) is 22.9. The smallest absolute Gasteiger partial charge is 0.258 e. The lowest BCUT2D eigenvalue weighted by atomic mass is 9.95. The van der Waals surface area contributed by atoms with E-state index in [1.807, 2.05) is 46.8 Å². The molecule has 1 atom stereocenters. The monoisotopic (exact) mass is 454 g/mol. The van der Waals surface area contributed by atoms with Crippen molar-refractivity contribution in [1.29, 1.82) is 0 Å². The molecule has 1 aliphatic rings. The number of rotatable bonds is 5. The Bertz CT molecular complexity index is 1360. The molecule has 0 saturated carbocycles. The van der Waals surface area contributed by atoms with Gasteiger partial charge in [0.25, 0.3) is 5.69 Å². The van der Waals surface area contributed by atoms with Crippen molar-refractivity contribution in [2.75, 3.05) is 5.01 Å². The van der Waals surface area contributed by atoms with Crippen LogP contribution in [0.3, 0.4) is 0 Å². The molecule has 1 aromatic heterocycles. The normalized spacial score (nSPS) is 15.5. The highest BCUT2D eigenvalue weighted by atomic mass is 32.1. The summed E-state index contributed by atoms with van der Waals surface area (Å²) in [6.45, 7) is 4.15. The number of nitrogens with zero attached hydrogens (tertiary/aromatic N) is 4. The Morgan fingerprint density at radius 3 is 2.64 bits per heavy atom. The first-order valence-corrected chi connectivity index (χ1v) is 11.6. The summed E-state index contributed by atoms with van der Waals surface area (Å²) in [6, 6.07) is 23.0. The number of thiazole rings is 1. The number of benzene rings is 3. The summed E-state index contributed by atoms with van der Waals surface area (Å²) in [5.41, 5.74) is 7.26. The molecule has 0 aliphatic carbocycles. The maximum absolute atomic E-state index is 11.4. The van der Waals surface area contributed by atoms with E-state index in [9.17, 15) is 10.1 Å². The number of aromatic nitrogens is 1. The second kappa shape index (κ2) is 8.60. The van der Waals surface area contributed by atoms with Gasteiger partial charge < -0.3 is 0 Å². The average Bonchev–Trinajstić information content (AvgIpc) is 3.49. The van der Waals surface area contributed by atoms with Crippen LogP contribution in [-0.2, 0) is 0 Å². The van der Waals surface area contributed by atoms with Crippen LogP contribution in [0.5, 0.6) is 0 Å². The third kappa shape index (κ3) is 4.15. The van der Waals surface area contributed by atoms with Crippen LogP contribution in [0.4, 0.5) is 10.8 Å². The first-order chi connectivity index (χ1) is 16.0. The average molecular weight is 455 g/mol. The van der Waals surface area contributed by atoms with Crippen molar-refractivity contribution in [3.05, 3.63) is 111 Å². The van der Waals surface area contributed by atoms with Gasteiger partial charge in [-0.2, -0.15) is 5.10 Å². The Balaban J connectivity index is 1.58. The van der Waals surface area contributed by atoms with Crippen LogP contribution >= 0.6 is 11.3 Å². The van der Waals surface area contributed by atoms with E-state index in [-0.39, 0.29) is 16.7 Å². The van der Waals surface area contributed by atoms with Gasteiger partial charge in [-0.3, -0.25) is 10.1 Å². The number of hydrogen-bond donors (Lipinski definition) is 0. The minimum absolute atomic E-state index is 0.0803. The fourth-order valence-electron chi connectivity index (χ4n) is 4.11.